The van der Waals surface area contributed by atoms with Crippen molar-refractivity contribution < 1.29 is 19.1 Å². The topological polar surface area (TPSA) is 79.9 Å². The average Bonchev–Trinajstić information content (AvgIpc) is 2.52. The number of benzene rings is 1. The molecular weight excluding hydrogens is 322 g/mol. The van der Waals surface area contributed by atoms with Gasteiger partial charge in [-0.25, -0.2) is 4.79 Å². The number of para-hydroxylation sites is 2. The largest absolute Gasteiger partial charge is 0.486 e. The summed E-state index contributed by atoms with van der Waals surface area (Å²) < 4.78 is 11.6. The molecule has 0 bridgehead atoms. The number of ether oxygens (including phenoxy) is 2. The summed E-state index contributed by atoms with van der Waals surface area (Å²) in [6.45, 7) is 8.22. The van der Waals surface area contributed by atoms with Gasteiger partial charge in [0.2, 0.25) is 5.91 Å². The maximum atomic E-state index is 12.2. The molecule has 1 heterocycles. The summed E-state index contributed by atoms with van der Waals surface area (Å²) in [5.41, 5.74) is -0.403. The second-order valence-electron chi connectivity index (χ2n) is 7.31. The Morgan fingerprint density at radius 2 is 1.92 bits per heavy atom. The van der Waals surface area contributed by atoms with Crippen LogP contribution in [0.2, 0.25) is 0 Å². The number of carbonyl (C=O) groups excluding carboxylic acids is 2. The van der Waals surface area contributed by atoms with Crippen molar-refractivity contribution in [1.29, 1.82) is 0 Å². The molecule has 0 unspecified atom stereocenters. The summed E-state index contributed by atoms with van der Waals surface area (Å²) in [6.07, 6.45) is -0.182. The van der Waals surface area contributed by atoms with Crippen LogP contribution < -0.4 is 20.1 Å². The van der Waals surface area contributed by atoms with E-state index in [9.17, 15) is 9.59 Å². The number of hydrogen-bond donors (Lipinski definition) is 2. The number of fused-ring (bicyclic) bond motifs is 1. The standard InChI is InChI=1S/C18H27N3O4/c1-12(16(22)19-17(23)20-18(2,3)4)21(5)10-13-11-24-14-8-6-7-9-15(14)25-13/h6-9,12-13H,10-11H2,1-5H3,(H2,19,20,22,23)/t12-,13-/m0/s1. The number of nitrogens with one attached hydrogen (secondary N) is 2. The number of carbonyl (C=O) groups is 2. The molecule has 7 heteroatoms. The van der Waals surface area contributed by atoms with Gasteiger partial charge >= 0.3 is 6.03 Å². The molecule has 7 nitrogen and oxygen atoms in total. The molecule has 1 aromatic rings. The van der Waals surface area contributed by atoms with Crippen molar-refractivity contribution in [3.8, 4) is 11.5 Å². The number of urea groups is 1. The number of amides is 3. The van der Waals surface area contributed by atoms with Crippen LogP contribution in [0.3, 0.4) is 0 Å². The fourth-order valence-electron chi connectivity index (χ4n) is 2.42. The van der Waals surface area contributed by atoms with E-state index in [1.807, 2.05) is 57.0 Å². The Morgan fingerprint density at radius 3 is 2.56 bits per heavy atom. The molecule has 1 aromatic carbocycles. The molecule has 25 heavy (non-hydrogen) atoms. The van der Waals surface area contributed by atoms with Gasteiger partial charge in [-0.2, -0.15) is 0 Å². The predicted molar refractivity (Wildman–Crippen MR) is 94.9 cm³/mol. The summed E-state index contributed by atoms with van der Waals surface area (Å²) in [6, 6.07) is 6.52. The minimum absolute atomic E-state index is 0.182. The van der Waals surface area contributed by atoms with Gasteiger partial charge in [-0.05, 0) is 46.9 Å². The first-order chi connectivity index (χ1) is 11.7. The second kappa shape index (κ2) is 7.74. The SMILES string of the molecule is C[C@@H](C(=O)NC(=O)NC(C)(C)C)N(C)C[C@H]1COc2ccccc2O1. The molecule has 138 valence electrons. The fraction of sp³-hybridized carbons (Fsp3) is 0.556. The lowest BCUT2D eigenvalue weighted by molar-refractivity contribution is -0.124. The number of likely N-dealkylation sites (N-methyl/N-ethyl adjacent to an activating group) is 1. The lowest BCUT2D eigenvalue weighted by atomic mass is 10.1. The molecule has 1 aliphatic rings. The van der Waals surface area contributed by atoms with Crippen molar-refractivity contribution in [3.05, 3.63) is 24.3 Å². The van der Waals surface area contributed by atoms with Gasteiger partial charge in [-0.3, -0.25) is 15.0 Å². The Labute approximate surface area is 148 Å². The van der Waals surface area contributed by atoms with Gasteiger partial charge in [0.15, 0.2) is 11.5 Å². The summed E-state index contributed by atoms with van der Waals surface area (Å²) in [5, 5.41) is 5.07. The molecule has 2 rings (SSSR count). The van der Waals surface area contributed by atoms with E-state index in [-0.39, 0.29) is 12.0 Å². The zero-order valence-corrected chi connectivity index (χ0v) is 15.5. The van der Waals surface area contributed by atoms with Crippen LogP contribution in [-0.2, 0) is 4.79 Å². The smallest absolute Gasteiger partial charge is 0.321 e. The molecule has 0 saturated carbocycles. The van der Waals surface area contributed by atoms with Gasteiger partial charge < -0.3 is 14.8 Å². The normalized spacial score (nSPS) is 17.8. The highest BCUT2D eigenvalue weighted by molar-refractivity contribution is 5.97. The third-order valence-corrected chi connectivity index (χ3v) is 3.83. The zero-order chi connectivity index (χ0) is 18.6. The lowest BCUT2D eigenvalue weighted by Gasteiger charge is -2.31. The van der Waals surface area contributed by atoms with E-state index in [1.165, 1.54) is 0 Å². The second-order valence-corrected chi connectivity index (χ2v) is 7.31. The molecule has 3 amide bonds. The molecule has 0 aromatic heterocycles. The maximum absolute atomic E-state index is 12.2. The first-order valence-electron chi connectivity index (χ1n) is 8.37. The van der Waals surface area contributed by atoms with E-state index < -0.39 is 17.6 Å². The van der Waals surface area contributed by atoms with Gasteiger partial charge in [0, 0.05) is 12.1 Å². The Kier molecular flexibility index (Phi) is 5.89. The Morgan fingerprint density at radius 1 is 1.28 bits per heavy atom. The summed E-state index contributed by atoms with van der Waals surface area (Å²) >= 11 is 0. The number of nitrogens with zero attached hydrogens (tertiary/aromatic N) is 1. The molecule has 0 fully saturated rings. The fourth-order valence-corrected chi connectivity index (χ4v) is 2.42. The van der Waals surface area contributed by atoms with Gasteiger partial charge in [-0.1, -0.05) is 12.1 Å². The van der Waals surface area contributed by atoms with E-state index >= 15 is 0 Å². The molecule has 1 aliphatic heterocycles. The predicted octanol–water partition coefficient (Wildman–Crippen LogP) is 1.77. The Bertz CT molecular complexity index is 627. The lowest BCUT2D eigenvalue weighted by Crippen LogP contribution is -2.54. The number of rotatable bonds is 4. The van der Waals surface area contributed by atoms with E-state index in [0.29, 0.717) is 18.9 Å². The van der Waals surface area contributed by atoms with Crippen molar-refractivity contribution in [2.45, 2.75) is 45.4 Å². The highest BCUT2D eigenvalue weighted by Gasteiger charge is 2.27. The molecule has 2 N–H and O–H groups in total. The van der Waals surface area contributed by atoms with Crippen molar-refractivity contribution >= 4 is 11.9 Å². The maximum Gasteiger partial charge on any atom is 0.321 e. The van der Waals surface area contributed by atoms with Crippen LogP contribution in [0.1, 0.15) is 27.7 Å². The van der Waals surface area contributed by atoms with Gasteiger partial charge in [0.1, 0.15) is 12.7 Å². The van der Waals surface area contributed by atoms with Crippen molar-refractivity contribution in [2.24, 2.45) is 0 Å². The first-order valence-corrected chi connectivity index (χ1v) is 8.37. The summed E-state index contributed by atoms with van der Waals surface area (Å²) in [4.78, 5) is 25.9. The summed E-state index contributed by atoms with van der Waals surface area (Å²) in [5.74, 6) is 1.07. The van der Waals surface area contributed by atoms with Gasteiger partial charge in [-0.15, -0.1) is 0 Å². The number of imide groups is 1. The van der Waals surface area contributed by atoms with Crippen molar-refractivity contribution in [3.63, 3.8) is 0 Å². The minimum atomic E-state index is -0.496. The molecule has 0 saturated heterocycles. The summed E-state index contributed by atoms with van der Waals surface area (Å²) in [7, 11) is 1.82. The highest BCUT2D eigenvalue weighted by Crippen LogP contribution is 2.31. The first kappa shape index (κ1) is 19.1. The van der Waals surface area contributed by atoms with E-state index in [4.69, 9.17) is 9.47 Å². The van der Waals surface area contributed by atoms with Crippen LogP contribution in [0.15, 0.2) is 24.3 Å². The zero-order valence-electron chi connectivity index (χ0n) is 15.5. The highest BCUT2D eigenvalue weighted by atomic mass is 16.6. The van der Waals surface area contributed by atoms with E-state index in [1.54, 1.807) is 6.92 Å². The molecule has 0 radical (unpaired) electrons. The van der Waals surface area contributed by atoms with Crippen molar-refractivity contribution in [2.75, 3.05) is 20.2 Å². The molecule has 0 aliphatic carbocycles. The van der Waals surface area contributed by atoms with Gasteiger partial charge in [0.05, 0.1) is 6.04 Å². The van der Waals surface area contributed by atoms with Crippen LogP contribution in [0.5, 0.6) is 11.5 Å². The van der Waals surface area contributed by atoms with E-state index in [0.717, 1.165) is 5.75 Å². The van der Waals surface area contributed by atoms with Crippen LogP contribution in [0, 0.1) is 0 Å². The monoisotopic (exact) mass is 349 g/mol. The Hall–Kier alpha value is -2.28. The molecule has 2 atom stereocenters. The van der Waals surface area contributed by atoms with Crippen LogP contribution in [-0.4, -0.2) is 54.7 Å². The quantitative estimate of drug-likeness (QED) is 0.866. The Balaban J connectivity index is 1.85. The third kappa shape index (κ3) is 5.63. The van der Waals surface area contributed by atoms with Crippen LogP contribution >= 0.6 is 0 Å². The number of hydrogen-bond acceptors (Lipinski definition) is 5. The average molecular weight is 349 g/mol. The van der Waals surface area contributed by atoms with Gasteiger partial charge in [0.25, 0.3) is 0 Å². The van der Waals surface area contributed by atoms with E-state index in [2.05, 4.69) is 10.6 Å². The molecular formula is C18H27N3O4. The third-order valence-electron chi connectivity index (χ3n) is 3.83. The van der Waals surface area contributed by atoms with Crippen molar-refractivity contribution in [1.82, 2.24) is 15.5 Å². The van der Waals surface area contributed by atoms with Crippen LogP contribution in [0.4, 0.5) is 4.79 Å². The minimum Gasteiger partial charge on any atom is -0.486 e. The van der Waals surface area contributed by atoms with Crippen LogP contribution in [0.25, 0.3) is 0 Å². The molecule has 0 spiro atoms.